The van der Waals surface area contributed by atoms with Gasteiger partial charge in [0.1, 0.15) is 5.76 Å². The number of furan rings is 1. The standard InChI is InChI=1S/C23H27N3O2/c1-16-6-7-22-18(13-16)14-21(17(2)24-22)23(27)26(15-20-5-4-12-28-20)19-8-10-25(3)11-9-19/h4-7,12-14,19H,8-11,15H2,1-3H3. The third kappa shape index (κ3) is 3.80. The fourth-order valence-electron chi connectivity index (χ4n) is 4.01. The molecule has 0 bridgehead atoms. The van der Waals surface area contributed by atoms with Gasteiger partial charge in [-0.3, -0.25) is 9.78 Å². The van der Waals surface area contributed by atoms with E-state index in [1.54, 1.807) is 6.26 Å². The second-order valence-corrected chi connectivity index (χ2v) is 7.86. The minimum atomic E-state index is 0.0411. The lowest BCUT2D eigenvalue weighted by molar-refractivity contribution is 0.0549. The van der Waals surface area contributed by atoms with Crippen LogP contribution in [0.2, 0.25) is 0 Å². The normalized spacial score (nSPS) is 15.8. The van der Waals surface area contributed by atoms with E-state index in [1.807, 2.05) is 36.1 Å². The number of amides is 1. The SMILES string of the molecule is Cc1ccc2nc(C)c(C(=O)N(Cc3ccco3)C3CCN(C)CC3)cc2c1. The highest BCUT2D eigenvalue weighted by atomic mass is 16.3. The van der Waals surface area contributed by atoms with Crippen LogP contribution in [0, 0.1) is 13.8 Å². The van der Waals surface area contributed by atoms with Crippen molar-refractivity contribution in [1.82, 2.24) is 14.8 Å². The van der Waals surface area contributed by atoms with E-state index in [2.05, 4.69) is 31.0 Å². The molecule has 5 heteroatoms. The Labute approximate surface area is 166 Å². The van der Waals surface area contributed by atoms with Crippen LogP contribution in [0.4, 0.5) is 0 Å². The zero-order chi connectivity index (χ0) is 19.7. The lowest BCUT2D eigenvalue weighted by atomic mass is 10.0. The fourth-order valence-corrected chi connectivity index (χ4v) is 4.01. The molecule has 0 radical (unpaired) electrons. The number of hydrogen-bond acceptors (Lipinski definition) is 4. The monoisotopic (exact) mass is 377 g/mol. The second-order valence-electron chi connectivity index (χ2n) is 7.86. The highest BCUT2D eigenvalue weighted by molar-refractivity contribution is 5.98. The Balaban J connectivity index is 1.69. The molecule has 5 nitrogen and oxygen atoms in total. The number of carbonyl (C=O) groups is 1. The van der Waals surface area contributed by atoms with Crippen molar-refractivity contribution in [2.75, 3.05) is 20.1 Å². The topological polar surface area (TPSA) is 49.6 Å². The molecule has 2 aromatic heterocycles. The Morgan fingerprint density at radius 3 is 2.71 bits per heavy atom. The van der Waals surface area contributed by atoms with Gasteiger partial charge in [-0.1, -0.05) is 11.6 Å². The number of likely N-dealkylation sites (tertiary alicyclic amines) is 1. The average Bonchev–Trinajstić information content (AvgIpc) is 3.19. The molecule has 28 heavy (non-hydrogen) atoms. The quantitative estimate of drug-likeness (QED) is 0.684. The molecule has 0 aliphatic carbocycles. The van der Waals surface area contributed by atoms with Crippen LogP contribution in [0.5, 0.6) is 0 Å². The van der Waals surface area contributed by atoms with Crippen molar-refractivity contribution in [2.45, 2.75) is 39.3 Å². The Hall–Kier alpha value is -2.66. The molecular formula is C23H27N3O2. The number of rotatable bonds is 4. The smallest absolute Gasteiger partial charge is 0.256 e. The third-order valence-electron chi connectivity index (χ3n) is 5.69. The number of aryl methyl sites for hydroxylation is 2. The summed E-state index contributed by atoms with van der Waals surface area (Å²) in [5.41, 5.74) is 3.55. The Morgan fingerprint density at radius 2 is 2.00 bits per heavy atom. The van der Waals surface area contributed by atoms with Gasteiger partial charge in [0, 0.05) is 11.4 Å². The van der Waals surface area contributed by atoms with E-state index in [1.165, 1.54) is 5.56 Å². The molecule has 0 saturated carbocycles. The van der Waals surface area contributed by atoms with Crippen LogP contribution < -0.4 is 0 Å². The molecule has 3 aromatic rings. The first-order chi connectivity index (χ1) is 13.5. The summed E-state index contributed by atoms with van der Waals surface area (Å²) in [5, 5.41) is 1.01. The van der Waals surface area contributed by atoms with E-state index < -0.39 is 0 Å². The van der Waals surface area contributed by atoms with Crippen LogP contribution in [0.3, 0.4) is 0 Å². The molecule has 1 saturated heterocycles. The Kier molecular flexibility index (Phi) is 5.18. The molecule has 4 rings (SSSR count). The number of pyridine rings is 1. The van der Waals surface area contributed by atoms with Gasteiger partial charge in [0.25, 0.3) is 5.91 Å². The first-order valence-corrected chi connectivity index (χ1v) is 9.91. The van der Waals surface area contributed by atoms with E-state index in [9.17, 15) is 4.79 Å². The summed E-state index contributed by atoms with van der Waals surface area (Å²) in [5.74, 6) is 0.855. The van der Waals surface area contributed by atoms with Crippen molar-refractivity contribution < 1.29 is 9.21 Å². The Bertz CT molecular complexity index is 973. The van der Waals surface area contributed by atoms with Crippen LogP contribution in [0.1, 0.15) is 40.2 Å². The number of hydrogen-bond donors (Lipinski definition) is 0. The van der Waals surface area contributed by atoms with Gasteiger partial charge in [0.2, 0.25) is 0 Å². The summed E-state index contributed by atoms with van der Waals surface area (Å²) in [6.45, 7) is 6.47. The van der Waals surface area contributed by atoms with Gasteiger partial charge < -0.3 is 14.2 Å². The highest BCUT2D eigenvalue weighted by Gasteiger charge is 2.29. The van der Waals surface area contributed by atoms with Crippen molar-refractivity contribution in [1.29, 1.82) is 0 Å². The lowest BCUT2D eigenvalue weighted by Gasteiger charge is -2.37. The molecule has 3 heterocycles. The van der Waals surface area contributed by atoms with Crippen molar-refractivity contribution in [3.05, 3.63) is 65.2 Å². The third-order valence-corrected chi connectivity index (χ3v) is 5.69. The maximum absolute atomic E-state index is 13.6. The zero-order valence-corrected chi connectivity index (χ0v) is 16.8. The molecule has 1 fully saturated rings. The second kappa shape index (κ2) is 7.76. The molecule has 0 N–H and O–H groups in total. The molecule has 1 amide bonds. The number of aromatic nitrogens is 1. The molecule has 1 aliphatic heterocycles. The van der Waals surface area contributed by atoms with E-state index in [0.29, 0.717) is 12.1 Å². The minimum absolute atomic E-state index is 0.0411. The Morgan fingerprint density at radius 1 is 1.21 bits per heavy atom. The van der Waals surface area contributed by atoms with Crippen molar-refractivity contribution in [2.24, 2.45) is 0 Å². The fraction of sp³-hybridized carbons (Fsp3) is 0.391. The summed E-state index contributed by atoms with van der Waals surface area (Å²) in [6.07, 6.45) is 3.61. The average molecular weight is 377 g/mol. The van der Waals surface area contributed by atoms with Crippen LogP contribution >= 0.6 is 0 Å². The number of benzene rings is 1. The molecule has 0 atom stereocenters. The molecule has 0 unspecified atom stereocenters. The number of fused-ring (bicyclic) bond motifs is 1. The van der Waals surface area contributed by atoms with Gasteiger partial charge in [0.05, 0.1) is 29.6 Å². The lowest BCUT2D eigenvalue weighted by Crippen LogP contribution is -2.46. The highest BCUT2D eigenvalue weighted by Crippen LogP contribution is 2.24. The molecule has 1 aromatic carbocycles. The van der Waals surface area contributed by atoms with E-state index in [-0.39, 0.29) is 11.9 Å². The molecule has 0 spiro atoms. The maximum atomic E-state index is 13.6. The molecular weight excluding hydrogens is 350 g/mol. The molecule has 1 aliphatic rings. The van der Waals surface area contributed by atoms with Crippen LogP contribution in [-0.2, 0) is 6.54 Å². The summed E-state index contributed by atoms with van der Waals surface area (Å²) < 4.78 is 5.56. The summed E-state index contributed by atoms with van der Waals surface area (Å²) in [4.78, 5) is 22.6. The van der Waals surface area contributed by atoms with Gasteiger partial charge in [0.15, 0.2) is 0 Å². The number of carbonyl (C=O) groups excluding carboxylic acids is 1. The van der Waals surface area contributed by atoms with Crippen LogP contribution in [0.15, 0.2) is 47.1 Å². The molecule has 146 valence electrons. The van der Waals surface area contributed by atoms with Gasteiger partial charge in [-0.25, -0.2) is 0 Å². The van der Waals surface area contributed by atoms with Gasteiger partial charge >= 0.3 is 0 Å². The predicted octanol–water partition coefficient (Wildman–Crippen LogP) is 4.18. The number of piperidine rings is 1. The minimum Gasteiger partial charge on any atom is -0.467 e. The van der Waals surface area contributed by atoms with E-state index in [0.717, 1.165) is 48.3 Å². The van der Waals surface area contributed by atoms with Gasteiger partial charge in [-0.05, 0) is 77.2 Å². The zero-order valence-electron chi connectivity index (χ0n) is 16.8. The van der Waals surface area contributed by atoms with E-state index in [4.69, 9.17) is 9.40 Å². The summed E-state index contributed by atoms with van der Waals surface area (Å²) in [7, 11) is 2.13. The van der Waals surface area contributed by atoms with Gasteiger partial charge in [-0.2, -0.15) is 0 Å². The largest absolute Gasteiger partial charge is 0.467 e. The first-order valence-electron chi connectivity index (χ1n) is 9.91. The van der Waals surface area contributed by atoms with Crippen LogP contribution in [0.25, 0.3) is 10.9 Å². The van der Waals surface area contributed by atoms with Crippen molar-refractivity contribution in [3.8, 4) is 0 Å². The maximum Gasteiger partial charge on any atom is 0.256 e. The van der Waals surface area contributed by atoms with E-state index >= 15 is 0 Å². The first kappa shape index (κ1) is 18.7. The van der Waals surface area contributed by atoms with Crippen molar-refractivity contribution in [3.63, 3.8) is 0 Å². The van der Waals surface area contributed by atoms with Gasteiger partial charge in [-0.15, -0.1) is 0 Å². The number of nitrogens with zero attached hydrogens (tertiary/aromatic N) is 3. The predicted molar refractivity (Wildman–Crippen MR) is 110 cm³/mol. The summed E-state index contributed by atoms with van der Waals surface area (Å²) in [6, 6.07) is 12.2. The van der Waals surface area contributed by atoms with Crippen molar-refractivity contribution >= 4 is 16.8 Å². The summed E-state index contributed by atoms with van der Waals surface area (Å²) >= 11 is 0. The van der Waals surface area contributed by atoms with Crippen LogP contribution in [-0.4, -0.2) is 46.9 Å².